The third-order valence-corrected chi connectivity index (χ3v) is 2.63. The zero-order valence-corrected chi connectivity index (χ0v) is 9.82. The van der Waals surface area contributed by atoms with Crippen LogP contribution >= 0.6 is 0 Å². The van der Waals surface area contributed by atoms with Crippen LogP contribution in [0.3, 0.4) is 0 Å². The van der Waals surface area contributed by atoms with Gasteiger partial charge in [-0.25, -0.2) is 0 Å². The molecule has 1 aromatic carbocycles. The van der Waals surface area contributed by atoms with Gasteiger partial charge in [0.1, 0.15) is 0 Å². The second-order valence-electron chi connectivity index (χ2n) is 4.44. The van der Waals surface area contributed by atoms with Crippen molar-refractivity contribution >= 4 is 16.7 Å². The fourth-order valence-electron chi connectivity index (χ4n) is 1.73. The van der Waals surface area contributed by atoms with Crippen LogP contribution in [0.25, 0.3) is 10.9 Å². The lowest BCUT2D eigenvalue weighted by Gasteiger charge is -2.05. The van der Waals surface area contributed by atoms with E-state index in [1.807, 2.05) is 45.2 Å². The molecule has 2 rings (SSSR count). The predicted octanol–water partition coefficient (Wildman–Crippen LogP) is 3.38. The van der Waals surface area contributed by atoms with Crippen LogP contribution in [0.5, 0.6) is 0 Å². The van der Waals surface area contributed by atoms with Gasteiger partial charge in [0.05, 0.1) is 5.52 Å². The van der Waals surface area contributed by atoms with Crippen molar-refractivity contribution in [3.63, 3.8) is 0 Å². The average Bonchev–Trinajstić information content (AvgIpc) is 2.26. The van der Waals surface area contributed by atoms with E-state index in [0.717, 1.165) is 22.0 Å². The monoisotopic (exact) mass is 213 g/mol. The summed E-state index contributed by atoms with van der Waals surface area (Å²) in [5, 5.41) is 1.03. The lowest BCUT2D eigenvalue weighted by Crippen LogP contribution is -2.07. The van der Waals surface area contributed by atoms with Gasteiger partial charge in [-0.3, -0.25) is 9.78 Å². The molecule has 0 saturated heterocycles. The number of fused-ring (bicyclic) bond motifs is 1. The van der Waals surface area contributed by atoms with Gasteiger partial charge in [-0.05, 0) is 36.8 Å². The minimum absolute atomic E-state index is 0.0372. The number of benzene rings is 1. The largest absolute Gasteiger partial charge is 0.294 e. The number of aryl methyl sites for hydroxylation is 1. The van der Waals surface area contributed by atoms with Gasteiger partial charge < -0.3 is 0 Å². The average molecular weight is 213 g/mol. The van der Waals surface area contributed by atoms with Gasteiger partial charge in [-0.1, -0.05) is 13.8 Å². The molecule has 0 saturated carbocycles. The number of Topliss-reactive ketones (excluding diaryl/α,β-unsaturated/α-hetero) is 1. The van der Waals surface area contributed by atoms with Crippen LogP contribution in [-0.2, 0) is 0 Å². The Kier molecular flexibility index (Phi) is 2.73. The van der Waals surface area contributed by atoms with E-state index in [1.165, 1.54) is 0 Å². The number of pyridine rings is 1. The van der Waals surface area contributed by atoms with Crippen molar-refractivity contribution in [2.75, 3.05) is 0 Å². The van der Waals surface area contributed by atoms with Crippen molar-refractivity contribution in [3.8, 4) is 0 Å². The Hall–Kier alpha value is -1.70. The van der Waals surface area contributed by atoms with Crippen LogP contribution in [0.1, 0.15) is 29.8 Å². The minimum atomic E-state index is 0.0372. The summed E-state index contributed by atoms with van der Waals surface area (Å²) >= 11 is 0. The maximum absolute atomic E-state index is 11.9. The predicted molar refractivity (Wildman–Crippen MR) is 65.6 cm³/mol. The Bertz CT molecular complexity index is 543. The van der Waals surface area contributed by atoms with Gasteiger partial charge >= 0.3 is 0 Å². The lowest BCUT2D eigenvalue weighted by molar-refractivity contribution is 0.0939. The van der Waals surface area contributed by atoms with Crippen LogP contribution in [0.2, 0.25) is 0 Å². The summed E-state index contributed by atoms with van der Waals surface area (Å²) < 4.78 is 0. The zero-order chi connectivity index (χ0) is 11.7. The molecule has 0 spiro atoms. The van der Waals surface area contributed by atoms with E-state index in [-0.39, 0.29) is 11.7 Å². The van der Waals surface area contributed by atoms with E-state index in [4.69, 9.17) is 0 Å². The first-order chi connectivity index (χ1) is 7.58. The molecule has 0 fully saturated rings. The van der Waals surface area contributed by atoms with Crippen LogP contribution in [-0.4, -0.2) is 10.8 Å². The van der Waals surface area contributed by atoms with Crippen molar-refractivity contribution < 1.29 is 4.79 Å². The van der Waals surface area contributed by atoms with Gasteiger partial charge in [0.2, 0.25) is 0 Å². The normalized spacial score (nSPS) is 11.0. The highest BCUT2D eigenvalue weighted by molar-refractivity contribution is 6.00. The molecular formula is C14H15NO. The van der Waals surface area contributed by atoms with Gasteiger partial charge in [0.25, 0.3) is 0 Å². The Balaban J connectivity index is 2.55. The van der Waals surface area contributed by atoms with Crippen molar-refractivity contribution in [1.82, 2.24) is 4.98 Å². The number of rotatable bonds is 2. The van der Waals surface area contributed by atoms with Crippen LogP contribution in [0.4, 0.5) is 0 Å². The van der Waals surface area contributed by atoms with E-state index >= 15 is 0 Å². The zero-order valence-electron chi connectivity index (χ0n) is 9.82. The molecule has 0 radical (unpaired) electrons. The highest BCUT2D eigenvalue weighted by atomic mass is 16.1. The Morgan fingerprint density at radius 1 is 1.25 bits per heavy atom. The highest BCUT2D eigenvalue weighted by Gasteiger charge is 2.10. The molecule has 0 aliphatic heterocycles. The topological polar surface area (TPSA) is 30.0 Å². The van der Waals surface area contributed by atoms with Gasteiger partial charge in [-0.15, -0.1) is 0 Å². The minimum Gasteiger partial charge on any atom is -0.294 e. The third kappa shape index (κ3) is 1.96. The SMILES string of the molecule is Cc1cnc2ccc(C(=O)C(C)C)cc2c1. The maximum Gasteiger partial charge on any atom is 0.165 e. The highest BCUT2D eigenvalue weighted by Crippen LogP contribution is 2.17. The number of ketones is 1. The number of carbonyl (C=O) groups is 1. The fourth-order valence-corrected chi connectivity index (χ4v) is 1.73. The molecule has 0 N–H and O–H groups in total. The summed E-state index contributed by atoms with van der Waals surface area (Å²) in [7, 11) is 0. The van der Waals surface area contributed by atoms with E-state index in [2.05, 4.69) is 11.1 Å². The Morgan fingerprint density at radius 2 is 2.00 bits per heavy atom. The smallest absolute Gasteiger partial charge is 0.165 e. The second-order valence-corrected chi connectivity index (χ2v) is 4.44. The van der Waals surface area contributed by atoms with Gasteiger partial charge in [0.15, 0.2) is 5.78 Å². The molecule has 0 aliphatic rings. The molecule has 2 heteroatoms. The Morgan fingerprint density at radius 3 is 2.69 bits per heavy atom. The van der Waals surface area contributed by atoms with Crippen molar-refractivity contribution in [2.24, 2.45) is 5.92 Å². The number of hydrogen-bond donors (Lipinski definition) is 0. The van der Waals surface area contributed by atoms with E-state index < -0.39 is 0 Å². The molecular weight excluding hydrogens is 198 g/mol. The first-order valence-corrected chi connectivity index (χ1v) is 5.48. The molecule has 2 aromatic rings. The third-order valence-electron chi connectivity index (χ3n) is 2.63. The lowest BCUT2D eigenvalue weighted by atomic mass is 9.99. The molecule has 82 valence electrons. The fraction of sp³-hybridized carbons (Fsp3) is 0.286. The molecule has 0 bridgehead atoms. The Labute approximate surface area is 95.3 Å². The molecule has 16 heavy (non-hydrogen) atoms. The second kappa shape index (κ2) is 4.05. The van der Waals surface area contributed by atoms with Gasteiger partial charge in [-0.2, -0.15) is 0 Å². The van der Waals surface area contributed by atoms with Crippen molar-refractivity contribution in [1.29, 1.82) is 0 Å². The first-order valence-electron chi connectivity index (χ1n) is 5.48. The van der Waals surface area contributed by atoms with Crippen LogP contribution in [0.15, 0.2) is 30.5 Å². The molecule has 1 aromatic heterocycles. The summed E-state index contributed by atoms with van der Waals surface area (Å²) in [6.07, 6.45) is 1.84. The van der Waals surface area contributed by atoms with Crippen LogP contribution in [0, 0.1) is 12.8 Å². The summed E-state index contributed by atoms with van der Waals surface area (Å²) in [5.41, 5.74) is 2.82. The quantitative estimate of drug-likeness (QED) is 0.716. The number of nitrogens with zero attached hydrogens (tertiary/aromatic N) is 1. The summed E-state index contributed by atoms with van der Waals surface area (Å²) in [6.45, 7) is 5.84. The number of carbonyl (C=O) groups excluding carboxylic acids is 1. The molecule has 0 unspecified atom stereocenters. The van der Waals surface area contributed by atoms with Crippen LogP contribution < -0.4 is 0 Å². The standard InChI is InChI=1S/C14H15NO/c1-9(2)14(16)11-4-5-13-12(7-11)6-10(3)8-15-13/h4-9H,1-3H3. The summed E-state index contributed by atoms with van der Waals surface area (Å²) in [6, 6.07) is 7.74. The molecule has 1 heterocycles. The van der Waals surface area contributed by atoms with E-state index in [0.29, 0.717) is 0 Å². The first kappa shape index (κ1) is 10.8. The maximum atomic E-state index is 11.9. The summed E-state index contributed by atoms with van der Waals surface area (Å²) in [4.78, 5) is 16.2. The number of hydrogen-bond acceptors (Lipinski definition) is 2. The van der Waals surface area contributed by atoms with E-state index in [9.17, 15) is 4.79 Å². The van der Waals surface area contributed by atoms with Crippen molar-refractivity contribution in [2.45, 2.75) is 20.8 Å². The molecule has 0 amide bonds. The number of aromatic nitrogens is 1. The van der Waals surface area contributed by atoms with E-state index in [1.54, 1.807) is 0 Å². The molecule has 0 atom stereocenters. The molecule has 0 aliphatic carbocycles. The molecule has 2 nitrogen and oxygen atoms in total. The van der Waals surface area contributed by atoms with Gasteiger partial charge in [0, 0.05) is 23.1 Å². The summed E-state index contributed by atoms with van der Waals surface area (Å²) in [5.74, 6) is 0.221. The van der Waals surface area contributed by atoms with Crippen molar-refractivity contribution in [3.05, 3.63) is 41.6 Å².